The predicted octanol–water partition coefficient (Wildman–Crippen LogP) is 0.182. The van der Waals surface area contributed by atoms with Crippen LogP contribution in [0, 0.1) is 11.8 Å². The van der Waals surface area contributed by atoms with Crippen LogP contribution in [0.3, 0.4) is 0 Å². The lowest BCUT2D eigenvalue weighted by Gasteiger charge is -2.05. The minimum absolute atomic E-state index is 0.377. The summed E-state index contributed by atoms with van der Waals surface area (Å²) in [7, 11) is 0. The fourth-order valence-corrected chi connectivity index (χ4v) is 2.59. The highest BCUT2D eigenvalue weighted by Crippen LogP contribution is 2.17. The Bertz CT molecular complexity index is 1140. The van der Waals surface area contributed by atoms with Gasteiger partial charge in [0.15, 0.2) is 11.9 Å². The molecule has 0 bridgehead atoms. The maximum atomic E-state index is 12.2. The smallest absolute Gasteiger partial charge is 0.316 e. The molecule has 132 valence electrons. The molecule has 1 aliphatic heterocycles. The Hall–Kier alpha value is -4.19. The van der Waals surface area contributed by atoms with E-state index in [1.807, 2.05) is 0 Å². The van der Waals surface area contributed by atoms with Crippen LogP contribution in [0.25, 0.3) is 17.1 Å². The Kier molecular flexibility index (Phi) is 3.99. The van der Waals surface area contributed by atoms with Crippen molar-refractivity contribution in [3.63, 3.8) is 0 Å². The molecule has 3 amide bonds. The van der Waals surface area contributed by atoms with Crippen molar-refractivity contribution in [1.82, 2.24) is 30.4 Å². The molecule has 1 aromatic carbocycles. The maximum absolute atomic E-state index is 12.2. The van der Waals surface area contributed by atoms with E-state index < -0.39 is 18.0 Å². The van der Waals surface area contributed by atoms with Gasteiger partial charge in [-0.1, -0.05) is 11.8 Å². The fraction of sp³-hybridized carbons (Fsp3) is 0.0556. The Morgan fingerprint density at radius 3 is 2.56 bits per heavy atom. The predicted molar refractivity (Wildman–Crippen MR) is 94.8 cm³/mol. The highest BCUT2D eigenvalue weighted by atomic mass is 16.2. The van der Waals surface area contributed by atoms with Crippen molar-refractivity contribution in [2.24, 2.45) is 0 Å². The molecule has 3 N–H and O–H groups in total. The number of H-pyrrole nitrogens is 1. The van der Waals surface area contributed by atoms with Crippen molar-refractivity contribution in [3.8, 4) is 28.9 Å². The lowest BCUT2D eigenvalue weighted by atomic mass is 10.2. The number of hydrogen-bond donors (Lipinski definition) is 3. The number of aromatic amines is 1. The van der Waals surface area contributed by atoms with Gasteiger partial charge in [0.1, 0.15) is 0 Å². The van der Waals surface area contributed by atoms with Crippen LogP contribution >= 0.6 is 0 Å². The van der Waals surface area contributed by atoms with Gasteiger partial charge in [0.2, 0.25) is 0 Å². The highest BCUT2D eigenvalue weighted by molar-refractivity contribution is 6.05. The van der Waals surface area contributed by atoms with Gasteiger partial charge in [-0.05, 0) is 36.4 Å². The lowest BCUT2D eigenvalue weighted by molar-refractivity contribution is -0.119. The van der Waals surface area contributed by atoms with Crippen molar-refractivity contribution in [1.29, 1.82) is 0 Å². The summed E-state index contributed by atoms with van der Waals surface area (Å²) in [5.74, 6) is 5.48. The van der Waals surface area contributed by atoms with Crippen molar-refractivity contribution in [3.05, 3.63) is 64.8 Å². The van der Waals surface area contributed by atoms with Gasteiger partial charge in [0.25, 0.3) is 5.91 Å². The molecule has 3 aromatic rings. The first-order valence-electron chi connectivity index (χ1n) is 7.93. The molecule has 0 saturated carbocycles. The molecule has 1 unspecified atom stereocenters. The third kappa shape index (κ3) is 3.19. The van der Waals surface area contributed by atoms with E-state index in [2.05, 4.69) is 37.7 Å². The third-order valence-corrected chi connectivity index (χ3v) is 3.85. The number of hydrogen-bond acceptors (Lipinski definition) is 5. The van der Waals surface area contributed by atoms with Crippen LogP contribution in [-0.2, 0) is 4.79 Å². The van der Waals surface area contributed by atoms with E-state index in [9.17, 15) is 14.4 Å². The maximum Gasteiger partial charge on any atom is 0.348 e. The average Bonchev–Trinajstić information content (AvgIpc) is 3.22. The van der Waals surface area contributed by atoms with Crippen molar-refractivity contribution < 1.29 is 9.59 Å². The van der Waals surface area contributed by atoms with Gasteiger partial charge in [-0.25, -0.2) is 19.3 Å². The lowest BCUT2D eigenvalue weighted by Crippen LogP contribution is -2.26. The summed E-state index contributed by atoms with van der Waals surface area (Å²) in [6.07, 6.45) is 3.26. The van der Waals surface area contributed by atoms with E-state index in [1.165, 1.54) is 4.57 Å². The van der Waals surface area contributed by atoms with E-state index in [4.69, 9.17) is 0 Å². The van der Waals surface area contributed by atoms with Crippen LogP contribution in [0.1, 0.15) is 5.56 Å². The summed E-state index contributed by atoms with van der Waals surface area (Å²) in [6.45, 7) is 0. The second-order valence-corrected chi connectivity index (χ2v) is 5.64. The molecule has 3 heterocycles. The number of aromatic nitrogens is 4. The number of rotatable bonds is 2. The fourth-order valence-electron chi connectivity index (χ4n) is 2.59. The first-order chi connectivity index (χ1) is 13.1. The number of amides is 3. The quantitative estimate of drug-likeness (QED) is 0.445. The Balaban J connectivity index is 1.63. The summed E-state index contributed by atoms with van der Waals surface area (Å²) in [5, 5.41) is 11.0. The Morgan fingerprint density at radius 2 is 1.89 bits per heavy atom. The molecule has 0 radical (unpaired) electrons. The Morgan fingerprint density at radius 1 is 1.07 bits per heavy atom. The minimum atomic E-state index is -0.870. The van der Waals surface area contributed by atoms with Crippen LogP contribution in [0.5, 0.6) is 0 Å². The number of imide groups is 1. The largest absolute Gasteiger partial charge is 0.348 e. The van der Waals surface area contributed by atoms with E-state index in [0.29, 0.717) is 22.6 Å². The van der Waals surface area contributed by atoms with Gasteiger partial charge in [-0.15, -0.1) is 0 Å². The molecule has 1 saturated heterocycles. The summed E-state index contributed by atoms with van der Waals surface area (Å²) in [4.78, 5) is 38.8. The summed E-state index contributed by atoms with van der Waals surface area (Å²) >= 11 is 0. The molecule has 4 rings (SSSR count). The van der Waals surface area contributed by atoms with Crippen LogP contribution in [0.15, 0.2) is 53.6 Å². The molecule has 9 nitrogen and oxygen atoms in total. The van der Waals surface area contributed by atoms with Crippen molar-refractivity contribution in [2.75, 3.05) is 0 Å². The van der Waals surface area contributed by atoms with Gasteiger partial charge >= 0.3 is 11.7 Å². The van der Waals surface area contributed by atoms with Gasteiger partial charge < -0.3 is 5.32 Å². The molecular formula is C18H12N6O3. The number of carbonyl (C=O) groups excluding carboxylic acids is 2. The van der Waals surface area contributed by atoms with Crippen LogP contribution in [0.4, 0.5) is 4.79 Å². The normalized spacial score (nSPS) is 15.6. The van der Waals surface area contributed by atoms with E-state index in [0.717, 1.165) is 0 Å². The molecule has 2 aromatic heterocycles. The van der Waals surface area contributed by atoms with Crippen LogP contribution in [0.2, 0.25) is 0 Å². The zero-order valence-electron chi connectivity index (χ0n) is 13.8. The van der Waals surface area contributed by atoms with Crippen LogP contribution < -0.4 is 16.3 Å². The first kappa shape index (κ1) is 16.3. The van der Waals surface area contributed by atoms with Gasteiger partial charge in [0, 0.05) is 23.5 Å². The number of urea groups is 1. The SMILES string of the molecule is O=C1NC(=O)C(C#Cc2ccc(-n3c(-c4cccnc4)n[nH]c3=O)cc2)N1. The second kappa shape index (κ2) is 6.61. The van der Waals surface area contributed by atoms with E-state index in [1.54, 1.807) is 48.8 Å². The molecule has 27 heavy (non-hydrogen) atoms. The molecular weight excluding hydrogens is 348 g/mol. The van der Waals surface area contributed by atoms with Gasteiger partial charge in [-0.2, -0.15) is 5.10 Å². The molecule has 0 aliphatic carbocycles. The number of pyridine rings is 1. The summed E-state index contributed by atoms with van der Waals surface area (Å²) in [5.41, 5.74) is 1.55. The second-order valence-electron chi connectivity index (χ2n) is 5.64. The molecule has 1 atom stereocenters. The van der Waals surface area contributed by atoms with Gasteiger partial charge in [-0.3, -0.25) is 15.1 Å². The molecule has 1 fully saturated rings. The third-order valence-electron chi connectivity index (χ3n) is 3.85. The number of carbonyl (C=O) groups is 2. The Labute approximate surface area is 152 Å². The zero-order valence-corrected chi connectivity index (χ0v) is 13.8. The van der Waals surface area contributed by atoms with Crippen molar-refractivity contribution in [2.45, 2.75) is 6.04 Å². The topological polar surface area (TPSA) is 122 Å². The summed E-state index contributed by atoms with van der Waals surface area (Å²) < 4.78 is 1.43. The summed E-state index contributed by atoms with van der Waals surface area (Å²) in [6, 6.07) is 8.99. The van der Waals surface area contributed by atoms with Gasteiger partial charge in [0.05, 0.1) is 5.69 Å². The number of benzene rings is 1. The molecule has 1 aliphatic rings. The minimum Gasteiger partial charge on any atom is -0.316 e. The number of nitrogens with zero attached hydrogens (tertiary/aromatic N) is 3. The molecule has 9 heteroatoms. The monoisotopic (exact) mass is 360 g/mol. The average molecular weight is 360 g/mol. The van der Waals surface area contributed by atoms with Crippen molar-refractivity contribution >= 4 is 11.9 Å². The standard InChI is InChI=1S/C18H12N6O3/c25-16-14(20-17(26)21-16)8-5-11-3-6-13(7-4-11)24-15(22-23-18(24)27)12-2-1-9-19-10-12/h1-4,6-7,9-10,14H,(H,23,27)(H2,20,21,25,26). The van der Waals surface area contributed by atoms with Crippen LogP contribution in [-0.4, -0.2) is 37.7 Å². The zero-order chi connectivity index (χ0) is 18.8. The van der Waals surface area contributed by atoms with E-state index in [-0.39, 0.29) is 5.69 Å². The van der Waals surface area contributed by atoms with E-state index >= 15 is 0 Å². The highest BCUT2D eigenvalue weighted by Gasteiger charge is 2.27. The molecule has 0 spiro atoms. The number of nitrogens with one attached hydrogen (secondary N) is 3. The first-order valence-corrected chi connectivity index (χ1v) is 7.93.